The van der Waals surface area contributed by atoms with E-state index in [-0.39, 0.29) is 0 Å². The first-order chi connectivity index (χ1) is 6.74. The average Bonchev–Trinajstić information content (AvgIpc) is 2.56. The zero-order valence-corrected chi connectivity index (χ0v) is 9.27. The standard InChI is InChI=1S/C12H13NS/c1-4-9(2)12-13(3)10-7-5-6-8-11(10)14-12/h4-8H,1H2,2-3H3/b12-9+. The second-order valence-electron chi connectivity index (χ2n) is 3.32. The van der Waals surface area contributed by atoms with Gasteiger partial charge in [0.25, 0.3) is 0 Å². The van der Waals surface area contributed by atoms with Gasteiger partial charge in [-0.1, -0.05) is 36.5 Å². The Morgan fingerprint density at radius 3 is 2.79 bits per heavy atom. The van der Waals surface area contributed by atoms with Gasteiger partial charge in [0.05, 0.1) is 10.7 Å². The van der Waals surface area contributed by atoms with Crippen molar-refractivity contribution in [2.24, 2.45) is 0 Å². The fourth-order valence-electron chi connectivity index (χ4n) is 1.53. The number of hydrogen-bond acceptors (Lipinski definition) is 2. The number of para-hydroxylation sites is 1. The van der Waals surface area contributed by atoms with Crippen LogP contribution in [0.15, 0.2) is 52.4 Å². The number of hydrogen-bond donors (Lipinski definition) is 0. The fourth-order valence-corrected chi connectivity index (χ4v) is 2.68. The molecular weight excluding hydrogens is 190 g/mol. The molecule has 0 fully saturated rings. The van der Waals surface area contributed by atoms with Crippen molar-refractivity contribution in [1.82, 2.24) is 0 Å². The SMILES string of the molecule is C=C/C(C)=C1/Sc2ccccc2N1C. The maximum atomic E-state index is 3.80. The average molecular weight is 203 g/mol. The Bertz CT molecular complexity index is 407. The summed E-state index contributed by atoms with van der Waals surface area (Å²) in [5.41, 5.74) is 2.52. The molecule has 14 heavy (non-hydrogen) atoms. The number of thioether (sulfide) groups is 1. The van der Waals surface area contributed by atoms with E-state index in [1.54, 1.807) is 0 Å². The van der Waals surface area contributed by atoms with E-state index in [4.69, 9.17) is 0 Å². The summed E-state index contributed by atoms with van der Waals surface area (Å²) in [5, 5.41) is 1.28. The van der Waals surface area contributed by atoms with E-state index < -0.39 is 0 Å². The molecular formula is C12H13NS. The molecule has 0 atom stereocenters. The first kappa shape index (κ1) is 9.41. The Morgan fingerprint density at radius 2 is 2.14 bits per heavy atom. The summed E-state index contributed by atoms with van der Waals surface area (Å²) in [6, 6.07) is 8.44. The summed E-state index contributed by atoms with van der Waals surface area (Å²) < 4.78 is 0. The van der Waals surface area contributed by atoms with Crippen molar-refractivity contribution in [3.05, 3.63) is 47.5 Å². The van der Waals surface area contributed by atoms with Crippen LogP contribution in [0, 0.1) is 0 Å². The van der Waals surface area contributed by atoms with Gasteiger partial charge in [-0.15, -0.1) is 0 Å². The van der Waals surface area contributed by atoms with Crippen LogP contribution in [0.25, 0.3) is 0 Å². The molecule has 0 aliphatic carbocycles. The molecule has 1 aliphatic heterocycles. The third kappa shape index (κ3) is 1.36. The van der Waals surface area contributed by atoms with Crippen molar-refractivity contribution >= 4 is 17.4 Å². The van der Waals surface area contributed by atoms with Gasteiger partial charge in [-0.05, 0) is 24.6 Å². The van der Waals surface area contributed by atoms with Crippen molar-refractivity contribution in [2.75, 3.05) is 11.9 Å². The van der Waals surface area contributed by atoms with Gasteiger partial charge in [0, 0.05) is 11.9 Å². The highest BCUT2D eigenvalue weighted by Crippen LogP contribution is 2.45. The number of fused-ring (bicyclic) bond motifs is 1. The van der Waals surface area contributed by atoms with Crippen molar-refractivity contribution in [2.45, 2.75) is 11.8 Å². The molecule has 0 unspecified atom stereocenters. The van der Waals surface area contributed by atoms with Crippen LogP contribution in [-0.4, -0.2) is 7.05 Å². The minimum atomic E-state index is 1.23. The summed E-state index contributed by atoms with van der Waals surface area (Å²) >= 11 is 1.81. The van der Waals surface area contributed by atoms with Gasteiger partial charge >= 0.3 is 0 Å². The predicted molar refractivity (Wildman–Crippen MR) is 63.6 cm³/mol. The van der Waals surface area contributed by atoms with Gasteiger partial charge in [-0.25, -0.2) is 0 Å². The molecule has 1 aromatic rings. The number of rotatable bonds is 1. The molecule has 0 amide bonds. The molecule has 72 valence electrons. The van der Waals surface area contributed by atoms with Gasteiger partial charge in [0.2, 0.25) is 0 Å². The maximum absolute atomic E-state index is 3.80. The minimum absolute atomic E-state index is 1.23. The molecule has 1 aromatic carbocycles. The molecule has 1 heterocycles. The molecule has 0 saturated heterocycles. The number of nitrogens with zero attached hydrogens (tertiary/aromatic N) is 1. The Hall–Kier alpha value is -1.15. The lowest BCUT2D eigenvalue weighted by Crippen LogP contribution is -2.10. The molecule has 0 saturated carbocycles. The van der Waals surface area contributed by atoms with Gasteiger partial charge < -0.3 is 4.90 Å². The molecule has 0 bridgehead atoms. The van der Waals surface area contributed by atoms with Crippen molar-refractivity contribution in [3.8, 4) is 0 Å². The predicted octanol–water partition coefficient (Wildman–Crippen LogP) is 3.65. The Kier molecular flexibility index (Phi) is 2.38. The van der Waals surface area contributed by atoms with Gasteiger partial charge in [0.1, 0.15) is 0 Å². The van der Waals surface area contributed by atoms with E-state index in [1.807, 2.05) is 17.8 Å². The van der Waals surface area contributed by atoms with Crippen molar-refractivity contribution < 1.29 is 0 Å². The molecule has 0 spiro atoms. The molecule has 0 N–H and O–H groups in total. The van der Waals surface area contributed by atoms with Crippen LogP contribution < -0.4 is 4.90 Å². The third-order valence-electron chi connectivity index (χ3n) is 2.38. The minimum Gasteiger partial charge on any atom is -0.338 e. The first-order valence-corrected chi connectivity index (χ1v) is 5.39. The van der Waals surface area contributed by atoms with E-state index in [1.165, 1.54) is 21.2 Å². The fraction of sp³-hybridized carbons (Fsp3) is 0.167. The Morgan fingerprint density at radius 1 is 1.43 bits per heavy atom. The van der Waals surface area contributed by atoms with Crippen LogP contribution in [0.4, 0.5) is 5.69 Å². The lowest BCUT2D eigenvalue weighted by Gasteiger charge is -2.14. The largest absolute Gasteiger partial charge is 0.338 e. The summed E-state index contributed by atoms with van der Waals surface area (Å²) in [5.74, 6) is 0. The topological polar surface area (TPSA) is 3.24 Å². The lowest BCUT2D eigenvalue weighted by atomic mass is 10.3. The lowest BCUT2D eigenvalue weighted by molar-refractivity contribution is 1.15. The van der Waals surface area contributed by atoms with Crippen LogP contribution in [-0.2, 0) is 0 Å². The molecule has 0 aromatic heterocycles. The van der Waals surface area contributed by atoms with Gasteiger partial charge in [0.15, 0.2) is 0 Å². The highest BCUT2D eigenvalue weighted by Gasteiger charge is 2.21. The summed E-state index contributed by atoms with van der Waals surface area (Å²) in [4.78, 5) is 3.54. The number of allylic oxidation sites excluding steroid dienone is 2. The Balaban J connectivity index is 2.49. The smallest absolute Gasteiger partial charge is 0.0828 e. The number of benzene rings is 1. The molecule has 1 nitrogen and oxygen atoms in total. The molecule has 0 radical (unpaired) electrons. The second kappa shape index (κ2) is 3.54. The highest BCUT2D eigenvalue weighted by molar-refractivity contribution is 8.03. The van der Waals surface area contributed by atoms with E-state index in [2.05, 4.69) is 49.7 Å². The summed E-state index contributed by atoms with van der Waals surface area (Å²) in [7, 11) is 2.10. The first-order valence-electron chi connectivity index (χ1n) is 4.58. The van der Waals surface area contributed by atoms with Crippen LogP contribution in [0.3, 0.4) is 0 Å². The van der Waals surface area contributed by atoms with E-state index in [0.717, 1.165) is 0 Å². The Labute approximate surface area is 89.1 Å². The summed E-state index contributed by atoms with van der Waals surface area (Å²) in [6.07, 6.45) is 1.91. The second-order valence-corrected chi connectivity index (χ2v) is 4.35. The van der Waals surface area contributed by atoms with E-state index in [0.29, 0.717) is 0 Å². The van der Waals surface area contributed by atoms with Crippen molar-refractivity contribution in [1.29, 1.82) is 0 Å². The van der Waals surface area contributed by atoms with Crippen LogP contribution in [0.1, 0.15) is 6.92 Å². The van der Waals surface area contributed by atoms with Crippen molar-refractivity contribution in [3.63, 3.8) is 0 Å². The third-order valence-corrected chi connectivity index (χ3v) is 3.74. The van der Waals surface area contributed by atoms with E-state index in [9.17, 15) is 0 Å². The molecule has 2 rings (SSSR count). The van der Waals surface area contributed by atoms with Crippen LogP contribution in [0.2, 0.25) is 0 Å². The zero-order valence-electron chi connectivity index (χ0n) is 8.45. The molecule has 2 heteroatoms. The van der Waals surface area contributed by atoms with Gasteiger partial charge in [-0.2, -0.15) is 0 Å². The zero-order chi connectivity index (χ0) is 10.1. The monoisotopic (exact) mass is 203 g/mol. The normalized spacial score (nSPS) is 18.0. The van der Waals surface area contributed by atoms with Crippen LogP contribution >= 0.6 is 11.8 Å². The van der Waals surface area contributed by atoms with Gasteiger partial charge in [-0.3, -0.25) is 0 Å². The quantitative estimate of drug-likeness (QED) is 0.685. The summed E-state index contributed by atoms with van der Waals surface area (Å²) in [6.45, 7) is 5.90. The number of anilines is 1. The molecule has 1 aliphatic rings. The van der Waals surface area contributed by atoms with Crippen LogP contribution in [0.5, 0.6) is 0 Å². The maximum Gasteiger partial charge on any atom is 0.0828 e. The van der Waals surface area contributed by atoms with E-state index >= 15 is 0 Å². The highest BCUT2D eigenvalue weighted by atomic mass is 32.2.